The van der Waals surface area contributed by atoms with E-state index < -0.39 is 4.92 Å². The number of rotatable bonds is 3. The maximum Gasteiger partial charge on any atom is 0.270 e. The highest BCUT2D eigenvalue weighted by Crippen LogP contribution is 2.16. The van der Waals surface area contributed by atoms with E-state index >= 15 is 0 Å². The molecule has 5 nitrogen and oxygen atoms in total. The van der Waals surface area contributed by atoms with Gasteiger partial charge in [0.1, 0.15) is 0 Å². The van der Waals surface area contributed by atoms with Crippen LogP contribution in [-0.2, 0) is 0 Å². The fourth-order valence-corrected chi connectivity index (χ4v) is 1.52. The van der Waals surface area contributed by atoms with Gasteiger partial charge in [-0.15, -0.1) is 12.4 Å². The zero-order valence-corrected chi connectivity index (χ0v) is 11.7. The van der Waals surface area contributed by atoms with Crippen LogP contribution in [0, 0.1) is 10.1 Å². The Hall–Kier alpha value is -2.24. The molecule has 0 saturated heterocycles. The molecule has 0 radical (unpaired) electrons. The third-order valence-corrected chi connectivity index (χ3v) is 2.36. The number of carbonyl (C=O) groups excluding carboxylic acids is 1. The lowest BCUT2D eigenvalue weighted by Gasteiger charge is -2.00. The molecule has 0 aliphatic carbocycles. The fraction of sp³-hybridized carbons (Fsp3) is 0.0714. The quantitative estimate of drug-likeness (QED) is 0.536. The topological polar surface area (TPSA) is 86.2 Å². The summed E-state index contributed by atoms with van der Waals surface area (Å²) in [6.45, 7) is 0. The summed E-state index contributed by atoms with van der Waals surface area (Å²) in [6, 6.07) is 14.4. The van der Waals surface area contributed by atoms with E-state index in [0.29, 0.717) is 11.1 Å². The number of benzene rings is 2. The van der Waals surface area contributed by atoms with E-state index in [9.17, 15) is 14.9 Å². The zero-order valence-electron chi connectivity index (χ0n) is 10.9. The molecule has 0 heterocycles. The van der Waals surface area contributed by atoms with Gasteiger partial charge < -0.3 is 5.73 Å². The molecular formula is C14H15ClN2O3. The van der Waals surface area contributed by atoms with Crippen molar-refractivity contribution in [2.45, 2.75) is 0 Å². The van der Waals surface area contributed by atoms with Crippen molar-refractivity contribution >= 4 is 23.9 Å². The van der Waals surface area contributed by atoms with Gasteiger partial charge in [-0.05, 0) is 7.05 Å². The zero-order chi connectivity index (χ0) is 14.3. The van der Waals surface area contributed by atoms with Gasteiger partial charge in [0.15, 0.2) is 5.78 Å². The monoisotopic (exact) mass is 294 g/mol. The van der Waals surface area contributed by atoms with Crippen molar-refractivity contribution in [2.24, 2.45) is 5.73 Å². The highest BCUT2D eigenvalue weighted by Gasteiger charge is 2.12. The van der Waals surface area contributed by atoms with Gasteiger partial charge in [0.2, 0.25) is 0 Å². The molecule has 0 aromatic heterocycles. The van der Waals surface area contributed by atoms with Crippen molar-refractivity contribution in [1.82, 2.24) is 0 Å². The standard InChI is InChI=1S/C13H9NO3.CH5N.ClH/c15-13(10-5-2-1-3-6-10)11-7-4-8-12(9-11)14(16)17;1-2;/h1-9H;2H2,1H3;1H. The van der Waals surface area contributed by atoms with Gasteiger partial charge in [-0.3, -0.25) is 14.9 Å². The van der Waals surface area contributed by atoms with Crippen LogP contribution in [0.3, 0.4) is 0 Å². The molecule has 0 aliphatic heterocycles. The van der Waals surface area contributed by atoms with Gasteiger partial charge in [-0.1, -0.05) is 42.5 Å². The third kappa shape index (κ3) is 4.46. The maximum absolute atomic E-state index is 12.0. The molecule has 0 fully saturated rings. The van der Waals surface area contributed by atoms with Crippen molar-refractivity contribution in [3.8, 4) is 0 Å². The first-order valence-corrected chi connectivity index (χ1v) is 5.60. The average molecular weight is 295 g/mol. The van der Waals surface area contributed by atoms with E-state index in [0.717, 1.165) is 0 Å². The van der Waals surface area contributed by atoms with E-state index in [1.54, 1.807) is 30.3 Å². The van der Waals surface area contributed by atoms with Crippen molar-refractivity contribution in [1.29, 1.82) is 0 Å². The summed E-state index contributed by atoms with van der Waals surface area (Å²) in [5.41, 5.74) is 5.27. The van der Waals surface area contributed by atoms with Crippen LogP contribution in [0.1, 0.15) is 15.9 Å². The number of non-ortho nitro benzene ring substituents is 1. The van der Waals surface area contributed by atoms with Crippen LogP contribution in [0.15, 0.2) is 54.6 Å². The molecule has 0 aliphatic rings. The van der Waals surface area contributed by atoms with E-state index in [1.165, 1.54) is 25.2 Å². The van der Waals surface area contributed by atoms with Gasteiger partial charge in [-0.2, -0.15) is 0 Å². The molecular weight excluding hydrogens is 280 g/mol. The number of nitrogens with zero attached hydrogens (tertiary/aromatic N) is 1. The van der Waals surface area contributed by atoms with Crippen LogP contribution >= 0.6 is 12.4 Å². The number of nitrogens with two attached hydrogens (primary N) is 1. The lowest BCUT2D eigenvalue weighted by molar-refractivity contribution is -0.384. The first kappa shape index (κ1) is 17.8. The minimum Gasteiger partial charge on any atom is -0.333 e. The van der Waals surface area contributed by atoms with Gasteiger partial charge in [0.25, 0.3) is 5.69 Å². The second-order valence-electron chi connectivity index (χ2n) is 3.50. The smallest absolute Gasteiger partial charge is 0.270 e. The second-order valence-corrected chi connectivity index (χ2v) is 3.50. The van der Waals surface area contributed by atoms with Crippen LogP contribution < -0.4 is 5.73 Å². The molecule has 6 heteroatoms. The summed E-state index contributed by atoms with van der Waals surface area (Å²) in [7, 11) is 1.50. The third-order valence-electron chi connectivity index (χ3n) is 2.36. The van der Waals surface area contributed by atoms with Gasteiger partial charge in [-0.25, -0.2) is 0 Å². The summed E-state index contributed by atoms with van der Waals surface area (Å²) in [5, 5.41) is 10.6. The number of nitro benzene ring substituents is 1. The Balaban J connectivity index is 0.00000115. The Kier molecular flexibility index (Phi) is 7.81. The van der Waals surface area contributed by atoms with Crippen LogP contribution in [-0.4, -0.2) is 17.8 Å². The van der Waals surface area contributed by atoms with Crippen LogP contribution in [0.5, 0.6) is 0 Å². The lowest BCUT2D eigenvalue weighted by atomic mass is 10.0. The maximum atomic E-state index is 12.0. The fourth-order valence-electron chi connectivity index (χ4n) is 1.52. The molecule has 0 amide bonds. The number of hydrogen-bond donors (Lipinski definition) is 1. The first-order valence-electron chi connectivity index (χ1n) is 5.60. The Morgan fingerprint density at radius 3 is 2.10 bits per heavy atom. The van der Waals surface area contributed by atoms with Crippen LogP contribution in [0.2, 0.25) is 0 Å². The van der Waals surface area contributed by atoms with Crippen molar-refractivity contribution in [2.75, 3.05) is 7.05 Å². The lowest BCUT2D eigenvalue weighted by Crippen LogP contribution is -2.01. The van der Waals surface area contributed by atoms with Gasteiger partial charge in [0.05, 0.1) is 4.92 Å². The summed E-state index contributed by atoms with van der Waals surface area (Å²) < 4.78 is 0. The molecule has 2 aromatic carbocycles. The molecule has 2 aromatic rings. The Morgan fingerprint density at radius 2 is 1.55 bits per heavy atom. The predicted octanol–water partition coefficient (Wildman–Crippen LogP) is 2.82. The SMILES string of the molecule is CN.Cl.O=C(c1ccccc1)c1cccc([N+](=O)[O-])c1. The van der Waals surface area contributed by atoms with Gasteiger partial charge in [0, 0.05) is 23.3 Å². The Morgan fingerprint density at radius 1 is 1.00 bits per heavy atom. The second kappa shape index (κ2) is 8.79. The molecule has 0 saturated carbocycles. The summed E-state index contributed by atoms with van der Waals surface area (Å²) in [6.07, 6.45) is 0. The summed E-state index contributed by atoms with van der Waals surface area (Å²) in [5.74, 6) is -0.214. The highest BCUT2D eigenvalue weighted by molar-refractivity contribution is 6.09. The average Bonchev–Trinajstić information content (AvgIpc) is 2.49. The summed E-state index contributed by atoms with van der Waals surface area (Å²) in [4.78, 5) is 22.1. The molecule has 0 bridgehead atoms. The Labute approximate surface area is 123 Å². The normalized spacial score (nSPS) is 8.70. The minimum absolute atomic E-state index is 0. The van der Waals surface area contributed by atoms with Crippen molar-refractivity contribution in [3.05, 3.63) is 75.8 Å². The molecule has 0 spiro atoms. The van der Waals surface area contributed by atoms with E-state index in [1.807, 2.05) is 6.07 Å². The molecule has 2 N–H and O–H groups in total. The molecule has 0 unspecified atom stereocenters. The van der Waals surface area contributed by atoms with E-state index in [2.05, 4.69) is 5.73 Å². The Bertz CT molecular complexity index is 574. The number of nitro groups is 1. The number of ketones is 1. The molecule has 106 valence electrons. The van der Waals surface area contributed by atoms with E-state index in [-0.39, 0.29) is 23.9 Å². The number of carbonyl (C=O) groups is 1. The number of hydrogen-bond acceptors (Lipinski definition) is 4. The predicted molar refractivity (Wildman–Crippen MR) is 80.3 cm³/mol. The largest absolute Gasteiger partial charge is 0.333 e. The van der Waals surface area contributed by atoms with Crippen molar-refractivity contribution in [3.63, 3.8) is 0 Å². The molecule has 20 heavy (non-hydrogen) atoms. The molecule has 2 rings (SSSR count). The first-order chi connectivity index (χ1) is 9.18. The van der Waals surface area contributed by atoms with E-state index in [4.69, 9.17) is 0 Å². The van der Waals surface area contributed by atoms with Gasteiger partial charge >= 0.3 is 0 Å². The summed E-state index contributed by atoms with van der Waals surface area (Å²) >= 11 is 0. The number of halogens is 1. The molecule has 0 atom stereocenters. The van der Waals surface area contributed by atoms with Crippen molar-refractivity contribution < 1.29 is 9.72 Å². The minimum atomic E-state index is -0.512. The van der Waals surface area contributed by atoms with Crippen LogP contribution in [0.25, 0.3) is 0 Å². The van der Waals surface area contributed by atoms with Crippen LogP contribution in [0.4, 0.5) is 5.69 Å². The highest BCUT2D eigenvalue weighted by atomic mass is 35.5.